The van der Waals surface area contributed by atoms with E-state index in [1.165, 1.54) is 12.1 Å². The van der Waals surface area contributed by atoms with E-state index in [2.05, 4.69) is 4.72 Å². The maximum Gasteiger partial charge on any atom is 0.261 e. The van der Waals surface area contributed by atoms with Crippen LogP contribution < -0.4 is 9.46 Å². The molecule has 0 radical (unpaired) electrons. The third-order valence-electron chi connectivity index (χ3n) is 2.84. The van der Waals surface area contributed by atoms with Gasteiger partial charge in [0.2, 0.25) is 0 Å². The highest BCUT2D eigenvalue weighted by Crippen LogP contribution is 2.27. The number of hydrogen-bond acceptors (Lipinski definition) is 4. The lowest BCUT2D eigenvalue weighted by Crippen LogP contribution is -2.14. The summed E-state index contributed by atoms with van der Waals surface area (Å²) in [6, 6.07) is 12.9. The summed E-state index contributed by atoms with van der Waals surface area (Å²) in [5.74, 6) is 0.709. The van der Waals surface area contributed by atoms with Gasteiger partial charge < -0.3 is 10.1 Å². The van der Waals surface area contributed by atoms with Crippen molar-refractivity contribution in [2.24, 2.45) is 0 Å². The minimum Gasteiger partial charge on any atom is -0.492 e. The van der Waals surface area contributed by atoms with E-state index in [0.717, 1.165) is 6.21 Å². The smallest absolute Gasteiger partial charge is 0.261 e. The number of sulfonamides is 1. The molecule has 7 heteroatoms. The lowest BCUT2D eigenvalue weighted by Gasteiger charge is -2.14. The normalized spacial score (nSPS) is 11.0. The average molecular weight is 339 g/mol. The Labute approximate surface area is 134 Å². The summed E-state index contributed by atoms with van der Waals surface area (Å²) in [4.78, 5) is 0.151. The number of benzene rings is 2. The van der Waals surface area contributed by atoms with Crippen molar-refractivity contribution in [3.05, 3.63) is 54.1 Å². The van der Waals surface area contributed by atoms with Crippen molar-refractivity contribution in [2.75, 3.05) is 17.2 Å². The molecule has 5 nitrogen and oxygen atoms in total. The first-order chi connectivity index (χ1) is 10.6. The van der Waals surface area contributed by atoms with Gasteiger partial charge in [0.1, 0.15) is 12.4 Å². The number of hydrogen-bond donors (Lipinski definition) is 2. The van der Waals surface area contributed by atoms with Gasteiger partial charge in [0.15, 0.2) is 0 Å². The predicted molar refractivity (Wildman–Crippen MR) is 87.8 cm³/mol. The van der Waals surface area contributed by atoms with Crippen molar-refractivity contribution in [1.29, 1.82) is 5.41 Å². The fourth-order valence-electron chi connectivity index (χ4n) is 1.86. The molecule has 2 rings (SSSR count). The van der Waals surface area contributed by atoms with Crippen LogP contribution in [0.15, 0.2) is 53.4 Å². The first-order valence-corrected chi connectivity index (χ1v) is 8.50. The molecule has 0 heterocycles. The maximum atomic E-state index is 12.3. The topological polar surface area (TPSA) is 79.3 Å². The fourth-order valence-corrected chi connectivity index (χ4v) is 3.04. The van der Waals surface area contributed by atoms with Crippen molar-refractivity contribution in [3.8, 4) is 5.75 Å². The molecule has 2 aromatic carbocycles. The van der Waals surface area contributed by atoms with Crippen LogP contribution in [0.1, 0.15) is 5.56 Å². The molecule has 0 aliphatic carbocycles. The maximum absolute atomic E-state index is 12.3. The Morgan fingerprint density at radius 2 is 1.86 bits per heavy atom. The largest absolute Gasteiger partial charge is 0.492 e. The number of alkyl halides is 1. The van der Waals surface area contributed by atoms with Gasteiger partial charge in [-0.15, -0.1) is 11.6 Å². The van der Waals surface area contributed by atoms with Gasteiger partial charge in [0.25, 0.3) is 10.0 Å². The molecule has 0 fully saturated rings. The highest BCUT2D eigenvalue weighted by molar-refractivity contribution is 7.92. The SMILES string of the molecule is N=Cc1c(NS(=O)(=O)c2ccccc2)cccc1OCCCl. The Balaban J connectivity index is 2.35. The number of halogens is 1. The monoisotopic (exact) mass is 338 g/mol. The minimum absolute atomic E-state index is 0.151. The molecule has 0 aliphatic rings. The van der Waals surface area contributed by atoms with Gasteiger partial charge >= 0.3 is 0 Å². The van der Waals surface area contributed by atoms with Crippen LogP contribution >= 0.6 is 11.6 Å². The molecule has 116 valence electrons. The molecule has 2 N–H and O–H groups in total. The van der Waals surface area contributed by atoms with Crippen LogP contribution in [0.4, 0.5) is 5.69 Å². The molecule has 0 spiro atoms. The van der Waals surface area contributed by atoms with E-state index in [4.69, 9.17) is 21.7 Å². The summed E-state index contributed by atoms with van der Waals surface area (Å²) in [5.41, 5.74) is 0.637. The third-order valence-corrected chi connectivity index (χ3v) is 4.38. The van der Waals surface area contributed by atoms with Crippen LogP contribution in [0.25, 0.3) is 0 Å². The van der Waals surface area contributed by atoms with Crippen molar-refractivity contribution < 1.29 is 13.2 Å². The zero-order chi connectivity index (χ0) is 16.0. The summed E-state index contributed by atoms with van der Waals surface area (Å²) < 4.78 is 32.6. The molecule has 22 heavy (non-hydrogen) atoms. The van der Waals surface area contributed by atoms with Gasteiger partial charge in [0.05, 0.1) is 22.0 Å². The summed E-state index contributed by atoms with van der Waals surface area (Å²) >= 11 is 5.58. The molecule has 2 aromatic rings. The van der Waals surface area contributed by atoms with Crippen molar-refractivity contribution in [1.82, 2.24) is 0 Å². The lowest BCUT2D eigenvalue weighted by molar-refractivity contribution is 0.342. The molecule has 0 aromatic heterocycles. The van der Waals surface area contributed by atoms with E-state index in [-0.39, 0.29) is 17.2 Å². The first kappa shape index (κ1) is 16.3. The fraction of sp³-hybridized carbons (Fsp3) is 0.133. The van der Waals surface area contributed by atoms with E-state index in [1.807, 2.05) is 0 Å². The lowest BCUT2D eigenvalue weighted by atomic mass is 10.2. The van der Waals surface area contributed by atoms with E-state index in [0.29, 0.717) is 17.2 Å². The molecular formula is C15H15ClN2O3S. The Bertz CT molecular complexity index is 749. The van der Waals surface area contributed by atoms with Crippen LogP contribution in [0.5, 0.6) is 5.75 Å². The summed E-state index contributed by atoms with van der Waals surface area (Å²) in [6.45, 7) is 0.275. The number of rotatable bonds is 7. The standard InChI is InChI=1S/C15H15ClN2O3S/c16-9-10-21-15-8-4-7-14(13(15)11-17)18-22(19,20)12-5-2-1-3-6-12/h1-8,11,17-18H,9-10H2. The molecule has 0 saturated heterocycles. The second-order valence-electron chi connectivity index (χ2n) is 4.32. The first-order valence-electron chi connectivity index (χ1n) is 6.48. The van der Waals surface area contributed by atoms with Gasteiger partial charge in [-0.3, -0.25) is 4.72 Å². The second kappa shape index (κ2) is 7.29. The number of ether oxygens (including phenoxy) is 1. The quantitative estimate of drug-likeness (QED) is 0.601. The highest BCUT2D eigenvalue weighted by Gasteiger charge is 2.16. The summed E-state index contributed by atoms with van der Waals surface area (Å²) in [7, 11) is -3.72. The Hall–Kier alpha value is -2.05. The third kappa shape index (κ3) is 3.78. The molecule has 0 aliphatic heterocycles. The van der Waals surface area contributed by atoms with E-state index in [1.54, 1.807) is 36.4 Å². The van der Waals surface area contributed by atoms with Crippen LogP contribution in [0.2, 0.25) is 0 Å². The van der Waals surface area contributed by atoms with Gasteiger partial charge in [-0.1, -0.05) is 24.3 Å². The molecule has 0 bridgehead atoms. The minimum atomic E-state index is -3.72. The zero-order valence-electron chi connectivity index (χ0n) is 11.6. The molecule has 0 atom stereocenters. The van der Waals surface area contributed by atoms with Crippen LogP contribution in [-0.2, 0) is 10.0 Å². The molecule has 0 unspecified atom stereocenters. The summed E-state index contributed by atoms with van der Waals surface area (Å²) in [6.07, 6.45) is 1.05. The Kier molecular flexibility index (Phi) is 5.41. The number of anilines is 1. The van der Waals surface area contributed by atoms with E-state index in [9.17, 15) is 8.42 Å². The predicted octanol–water partition coefficient (Wildman–Crippen LogP) is 3.10. The van der Waals surface area contributed by atoms with E-state index < -0.39 is 10.0 Å². The van der Waals surface area contributed by atoms with Crippen molar-refractivity contribution in [3.63, 3.8) is 0 Å². The zero-order valence-corrected chi connectivity index (χ0v) is 13.2. The van der Waals surface area contributed by atoms with Crippen molar-refractivity contribution >= 4 is 33.5 Å². The van der Waals surface area contributed by atoms with Gasteiger partial charge in [-0.25, -0.2) is 8.42 Å². The second-order valence-corrected chi connectivity index (χ2v) is 6.38. The molecular weight excluding hydrogens is 324 g/mol. The van der Waals surface area contributed by atoms with Gasteiger partial charge in [-0.2, -0.15) is 0 Å². The van der Waals surface area contributed by atoms with Crippen LogP contribution in [-0.4, -0.2) is 27.1 Å². The van der Waals surface area contributed by atoms with Gasteiger partial charge in [0, 0.05) is 6.21 Å². The number of nitrogens with one attached hydrogen (secondary N) is 2. The Morgan fingerprint density at radius 3 is 2.50 bits per heavy atom. The van der Waals surface area contributed by atoms with Crippen LogP contribution in [0.3, 0.4) is 0 Å². The average Bonchev–Trinajstić information content (AvgIpc) is 2.53. The van der Waals surface area contributed by atoms with Crippen LogP contribution in [0, 0.1) is 5.41 Å². The summed E-state index contributed by atoms with van der Waals surface area (Å²) in [5, 5.41) is 7.50. The highest BCUT2D eigenvalue weighted by atomic mass is 35.5. The Morgan fingerprint density at radius 1 is 1.14 bits per heavy atom. The molecule has 0 amide bonds. The van der Waals surface area contributed by atoms with Gasteiger partial charge in [-0.05, 0) is 24.3 Å². The van der Waals surface area contributed by atoms with Crippen molar-refractivity contribution in [2.45, 2.75) is 4.90 Å². The molecule has 0 saturated carbocycles. The van der Waals surface area contributed by atoms with E-state index >= 15 is 0 Å².